The maximum atomic E-state index is 11.4. The Morgan fingerprint density at radius 1 is 1.26 bits per heavy atom. The van der Waals surface area contributed by atoms with Gasteiger partial charge in [-0.3, -0.25) is 4.79 Å². The van der Waals surface area contributed by atoms with Gasteiger partial charge in [-0.05, 0) is 25.7 Å². The molecule has 0 aromatic rings. The van der Waals surface area contributed by atoms with Gasteiger partial charge in [0.25, 0.3) is 0 Å². The fourth-order valence-corrected chi connectivity index (χ4v) is 1.95. The van der Waals surface area contributed by atoms with Crippen molar-refractivity contribution < 1.29 is 19.1 Å². The van der Waals surface area contributed by atoms with Gasteiger partial charge in [-0.15, -0.1) is 0 Å². The molecule has 6 nitrogen and oxygen atoms in total. The zero-order valence-electron chi connectivity index (χ0n) is 11.6. The van der Waals surface area contributed by atoms with Crippen molar-refractivity contribution in [2.75, 3.05) is 26.8 Å². The number of hydrogen-bond donors (Lipinski definition) is 2. The third-order valence-corrected chi connectivity index (χ3v) is 3.09. The second kappa shape index (κ2) is 9.61. The molecule has 1 aliphatic rings. The highest BCUT2D eigenvalue weighted by atomic mass is 16.5. The Morgan fingerprint density at radius 2 is 2.11 bits per heavy atom. The number of hydrogen-bond acceptors (Lipinski definition) is 4. The minimum absolute atomic E-state index is 0.150. The van der Waals surface area contributed by atoms with E-state index >= 15 is 0 Å². The molecule has 0 spiro atoms. The van der Waals surface area contributed by atoms with Crippen LogP contribution in [-0.4, -0.2) is 44.9 Å². The second-order valence-electron chi connectivity index (χ2n) is 4.66. The molecule has 1 rings (SSSR count). The SMILES string of the molecule is COC(=O)CCCCCNC(=O)NC[C@@H]1CCCO1. The van der Waals surface area contributed by atoms with E-state index in [-0.39, 0.29) is 18.1 Å². The van der Waals surface area contributed by atoms with Crippen molar-refractivity contribution in [3.8, 4) is 0 Å². The van der Waals surface area contributed by atoms with Crippen LogP contribution in [0.3, 0.4) is 0 Å². The van der Waals surface area contributed by atoms with E-state index in [4.69, 9.17) is 4.74 Å². The average Bonchev–Trinajstić information content (AvgIpc) is 2.93. The molecule has 0 unspecified atom stereocenters. The molecule has 0 bridgehead atoms. The predicted molar refractivity (Wildman–Crippen MR) is 70.9 cm³/mol. The van der Waals surface area contributed by atoms with Gasteiger partial charge in [0.1, 0.15) is 0 Å². The Balaban J connectivity index is 1.88. The van der Waals surface area contributed by atoms with E-state index in [0.717, 1.165) is 38.7 Å². The molecule has 1 fully saturated rings. The monoisotopic (exact) mass is 272 g/mol. The number of rotatable bonds is 8. The van der Waals surface area contributed by atoms with Crippen molar-refractivity contribution in [3.63, 3.8) is 0 Å². The summed E-state index contributed by atoms with van der Waals surface area (Å²) in [7, 11) is 1.39. The molecule has 2 N–H and O–H groups in total. The lowest BCUT2D eigenvalue weighted by Gasteiger charge is -2.11. The molecule has 0 aromatic carbocycles. The van der Waals surface area contributed by atoms with Crippen LogP contribution in [0.15, 0.2) is 0 Å². The van der Waals surface area contributed by atoms with Crippen molar-refractivity contribution in [1.29, 1.82) is 0 Å². The molecule has 0 aliphatic carbocycles. The number of nitrogens with one attached hydrogen (secondary N) is 2. The maximum absolute atomic E-state index is 11.4. The first-order valence-corrected chi connectivity index (χ1v) is 6.92. The molecule has 0 radical (unpaired) electrons. The molecular formula is C13H24N2O4. The van der Waals surface area contributed by atoms with Crippen LogP contribution in [0.5, 0.6) is 0 Å². The lowest BCUT2D eigenvalue weighted by molar-refractivity contribution is -0.140. The van der Waals surface area contributed by atoms with Crippen molar-refractivity contribution in [1.82, 2.24) is 10.6 Å². The summed E-state index contributed by atoms with van der Waals surface area (Å²) < 4.78 is 9.95. The topological polar surface area (TPSA) is 76.7 Å². The summed E-state index contributed by atoms with van der Waals surface area (Å²) in [5, 5.41) is 5.58. The zero-order valence-corrected chi connectivity index (χ0v) is 11.6. The summed E-state index contributed by atoms with van der Waals surface area (Å²) in [5.74, 6) is -0.178. The number of ether oxygens (including phenoxy) is 2. The van der Waals surface area contributed by atoms with Gasteiger partial charge in [-0.1, -0.05) is 6.42 Å². The Bertz CT molecular complexity index is 278. The van der Waals surface area contributed by atoms with Gasteiger partial charge in [0, 0.05) is 26.1 Å². The summed E-state index contributed by atoms with van der Waals surface area (Å²) >= 11 is 0. The van der Waals surface area contributed by atoms with Gasteiger partial charge in [-0.25, -0.2) is 4.79 Å². The number of carbonyl (C=O) groups is 2. The van der Waals surface area contributed by atoms with E-state index in [0.29, 0.717) is 19.5 Å². The summed E-state index contributed by atoms with van der Waals surface area (Å²) in [5.41, 5.74) is 0. The van der Waals surface area contributed by atoms with E-state index in [9.17, 15) is 9.59 Å². The summed E-state index contributed by atoms with van der Waals surface area (Å²) in [6.45, 7) is 2.00. The highest BCUT2D eigenvalue weighted by molar-refractivity contribution is 5.73. The van der Waals surface area contributed by atoms with Crippen molar-refractivity contribution in [3.05, 3.63) is 0 Å². The maximum Gasteiger partial charge on any atom is 0.314 e. The molecule has 2 amide bonds. The summed E-state index contributed by atoms with van der Waals surface area (Å²) in [4.78, 5) is 22.3. The van der Waals surface area contributed by atoms with Crippen LogP contribution in [-0.2, 0) is 14.3 Å². The molecule has 1 atom stereocenters. The summed E-state index contributed by atoms with van der Waals surface area (Å²) in [6, 6.07) is -0.150. The lowest BCUT2D eigenvalue weighted by Crippen LogP contribution is -2.39. The van der Waals surface area contributed by atoms with Crippen LogP contribution in [0, 0.1) is 0 Å². The standard InChI is InChI=1S/C13H24N2O4/c1-18-12(16)7-3-2-4-8-14-13(17)15-10-11-6-5-9-19-11/h11H,2-10H2,1H3,(H2,14,15,17)/t11-/m0/s1. The minimum Gasteiger partial charge on any atom is -0.469 e. The number of urea groups is 1. The van der Waals surface area contributed by atoms with Gasteiger partial charge in [0.2, 0.25) is 0 Å². The Hall–Kier alpha value is -1.30. The smallest absolute Gasteiger partial charge is 0.314 e. The van der Waals surface area contributed by atoms with E-state index in [1.807, 2.05) is 0 Å². The number of carbonyl (C=O) groups excluding carboxylic acids is 2. The van der Waals surface area contributed by atoms with Crippen molar-refractivity contribution >= 4 is 12.0 Å². The minimum atomic E-state index is -0.178. The fraction of sp³-hybridized carbons (Fsp3) is 0.846. The number of amides is 2. The highest BCUT2D eigenvalue weighted by Gasteiger charge is 2.15. The Morgan fingerprint density at radius 3 is 2.79 bits per heavy atom. The van der Waals surface area contributed by atoms with Gasteiger partial charge >= 0.3 is 12.0 Å². The van der Waals surface area contributed by atoms with Crippen molar-refractivity contribution in [2.24, 2.45) is 0 Å². The van der Waals surface area contributed by atoms with Gasteiger partial charge in [-0.2, -0.15) is 0 Å². The average molecular weight is 272 g/mol. The number of esters is 1. The van der Waals surface area contributed by atoms with Crippen LogP contribution >= 0.6 is 0 Å². The van der Waals surface area contributed by atoms with Crippen molar-refractivity contribution in [2.45, 2.75) is 44.6 Å². The molecule has 19 heavy (non-hydrogen) atoms. The molecule has 0 aromatic heterocycles. The van der Waals surface area contributed by atoms with Gasteiger partial charge in [0.15, 0.2) is 0 Å². The van der Waals surface area contributed by atoms with Crippen LogP contribution in [0.25, 0.3) is 0 Å². The molecule has 1 saturated heterocycles. The summed E-state index contributed by atoms with van der Waals surface area (Å²) in [6.07, 6.45) is 5.28. The first-order valence-electron chi connectivity index (χ1n) is 6.92. The number of unbranched alkanes of at least 4 members (excludes halogenated alkanes) is 2. The van der Waals surface area contributed by atoms with Gasteiger partial charge in [0.05, 0.1) is 13.2 Å². The quantitative estimate of drug-likeness (QED) is 0.514. The zero-order chi connectivity index (χ0) is 13.9. The van der Waals surface area contributed by atoms with Gasteiger partial charge < -0.3 is 20.1 Å². The van der Waals surface area contributed by atoms with Crippen LogP contribution in [0.1, 0.15) is 38.5 Å². The predicted octanol–water partition coefficient (Wildman–Crippen LogP) is 1.20. The first kappa shape index (κ1) is 15.8. The Kier molecular flexibility index (Phi) is 7.97. The fourth-order valence-electron chi connectivity index (χ4n) is 1.95. The molecule has 0 saturated carbocycles. The lowest BCUT2D eigenvalue weighted by atomic mass is 10.2. The highest BCUT2D eigenvalue weighted by Crippen LogP contribution is 2.10. The second-order valence-corrected chi connectivity index (χ2v) is 4.66. The first-order chi connectivity index (χ1) is 9.22. The van der Waals surface area contributed by atoms with E-state index in [1.54, 1.807) is 0 Å². The van der Waals surface area contributed by atoms with E-state index in [1.165, 1.54) is 7.11 Å². The van der Waals surface area contributed by atoms with E-state index in [2.05, 4.69) is 15.4 Å². The Labute approximate surface area is 114 Å². The molecule has 1 heterocycles. The normalized spacial score (nSPS) is 18.1. The molecule has 6 heteroatoms. The van der Waals surface area contributed by atoms with Crippen LogP contribution in [0.4, 0.5) is 4.79 Å². The molecule has 110 valence electrons. The molecular weight excluding hydrogens is 248 g/mol. The van der Waals surface area contributed by atoms with Crippen LogP contribution < -0.4 is 10.6 Å². The van der Waals surface area contributed by atoms with Crippen LogP contribution in [0.2, 0.25) is 0 Å². The largest absolute Gasteiger partial charge is 0.469 e. The van der Waals surface area contributed by atoms with E-state index < -0.39 is 0 Å². The molecule has 1 aliphatic heterocycles. The number of methoxy groups -OCH3 is 1. The third kappa shape index (κ3) is 7.66. The third-order valence-electron chi connectivity index (χ3n) is 3.09.